The van der Waals surface area contributed by atoms with E-state index in [2.05, 4.69) is 52.9 Å². The maximum Gasteiger partial charge on any atom is 0.173 e. The van der Waals surface area contributed by atoms with E-state index < -0.39 is 0 Å². The molecule has 1 aromatic carbocycles. The average molecular weight is 275 g/mol. The van der Waals surface area contributed by atoms with Crippen LogP contribution in [0.2, 0.25) is 0 Å². The number of nitrogens with zero attached hydrogens (tertiary/aromatic N) is 4. The van der Waals surface area contributed by atoms with Crippen molar-refractivity contribution in [3.63, 3.8) is 0 Å². The predicted octanol–water partition coefficient (Wildman–Crippen LogP) is 1.58. The van der Waals surface area contributed by atoms with Crippen molar-refractivity contribution in [2.24, 2.45) is 0 Å². The van der Waals surface area contributed by atoms with Crippen LogP contribution in [0, 0.1) is 13.8 Å². The van der Waals surface area contributed by atoms with Gasteiger partial charge in [0.2, 0.25) is 0 Å². The van der Waals surface area contributed by atoms with Crippen LogP contribution < -0.4 is 5.32 Å². The number of ether oxygens (including phenoxy) is 1. The topological polar surface area (TPSA) is 64.9 Å². The minimum atomic E-state index is 0.0565. The number of rotatable bonds is 6. The highest BCUT2D eigenvalue weighted by Crippen LogP contribution is 2.16. The van der Waals surface area contributed by atoms with E-state index in [4.69, 9.17) is 4.74 Å². The van der Waals surface area contributed by atoms with Crippen molar-refractivity contribution in [1.82, 2.24) is 25.5 Å². The molecule has 2 aromatic rings. The molecule has 108 valence electrons. The zero-order valence-electron chi connectivity index (χ0n) is 12.4. The monoisotopic (exact) mass is 275 g/mol. The van der Waals surface area contributed by atoms with Crippen molar-refractivity contribution in [2.45, 2.75) is 26.8 Å². The summed E-state index contributed by atoms with van der Waals surface area (Å²) in [6, 6.07) is 6.35. The molecule has 0 saturated heterocycles. The molecule has 1 unspecified atom stereocenters. The first-order chi connectivity index (χ1) is 9.61. The molecular weight excluding hydrogens is 254 g/mol. The molecule has 0 fully saturated rings. The van der Waals surface area contributed by atoms with Gasteiger partial charge in [-0.1, -0.05) is 6.07 Å². The van der Waals surface area contributed by atoms with Crippen LogP contribution in [0.1, 0.15) is 29.9 Å². The van der Waals surface area contributed by atoms with E-state index in [1.807, 2.05) is 6.92 Å². The SMILES string of the molecule is COCCNC(C)c1nnnn1-c1cc(C)cc(C)c1. The van der Waals surface area contributed by atoms with Gasteiger partial charge in [-0.25, -0.2) is 0 Å². The molecule has 0 aliphatic rings. The summed E-state index contributed by atoms with van der Waals surface area (Å²) in [6.07, 6.45) is 0. The highest BCUT2D eigenvalue weighted by atomic mass is 16.5. The summed E-state index contributed by atoms with van der Waals surface area (Å²) in [7, 11) is 1.69. The second kappa shape index (κ2) is 6.58. The Balaban J connectivity index is 2.23. The molecule has 1 heterocycles. The Morgan fingerprint density at radius 1 is 1.25 bits per heavy atom. The molecule has 0 aliphatic carbocycles. The molecule has 2 rings (SSSR count). The lowest BCUT2D eigenvalue weighted by molar-refractivity contribution is 0.196. The number of benzene rings is 1. The van der Waals surface area contributed by atoms with Crippen LogP contribution in [-0.2, 0) is 4.74 Å². The lowest BCUT2D eigenvalue weighted by Gasteiger charge is -2.13. The summed E-state index contributed by atoms with van der Waals surface area (Å²) in [6.45, 7) is 7.61. The van der Waals surface area contributed by atoms with Crippen LogP contribution >= 0.6 is 0 Å². The second-order valence-electron chi connectivity index (χ2n) is 4.96. The first kappa shape index (κ1) is 14.6. The van der Waals surface area contributed by atoms with Crippen molar-refractivity contribution < 1.29 is 4.74 Å². The molecule has 0 amide bonds. The third-order valence-corrected chi connectivity index (χ3v) is 3.09. The molecule has 0 aliphatic heterocycles. The standard InChI is InChI=1S/C14H21N5O/c1-10-7-11(2)9-13(8-10)19-14(16-17-18-19)12(3)15-5-6-20-4/h7-9,12,15H,5-6H2,1-4H3. The summed E-state index contributed by atoms with van der Waals surface area (Å²) >= 11 is 0. The van der Waals surface area contributed by atoms with E-state index in [0.717, 1.165) is 18.1 Å². The fourth-order valence-electron chi connectivity index (χ4n) is 2.19. The molecule has 1 atom stereocenters. The summed E-state index contributed by atoms with van der Waals surface area (Å²) in [5.41, 5.74) is 3.38. The summed E-state index contributed by atoms with van der Waals surface area (Å²) < 4.78 is 6.82. The molecule has 6 heteroatoms. The van der Waals surface area contributed by atoms with Gasteiger partial charge in [0.05, 0.1) is 18.3 Å². The van der Waals surface area contributed by atoms with Crippen LogP contribution in [0.25, 0.3) is 5.69 Å². The van der Waals surface area contributed by atoms with E-state index in [0.29, 0.717) is 6.61 Å². The molecule has 1 aromatic heterocycles. The summed E-state index contributed by atoms with van der Waals surface area (Å²) in [5.74, 6) is 0.797. The largest absolute Gasteiger partial charge is 0.383 e. The fraction of sp³-hybridized carbons (Fsp3) is 0.500. The number of hydrogen-bond donors (Lipinski definition) is 1. The van der Waals surface area contributed by atoms with E-state index in [1.54, 1.807) is 11.8 Å². The second-order valence-corrected chi connectivity index (χ2v) is 4.96. The maximum atomic E-state index is 5.03. The molecule has 6 nitrogen and oxygen atoms in total. The predicted molar refractivity (Wildman–Crippen MR) is 76.9 cm³/mol. The number of aryl methyl sites for hydroxylation is 2. The van der Waals surface area contributed by atoms with Crippen LogP contribution in [0.15, 0.2) is 18.2 Å². The van der Waals surface area contributed by atoms with Crippen LogP contribution in [0.4, 0.5) is 0 Å². The van der Waals surface area contributed by atoms with Crippen LogP contribution in [-0.4, -0.2) is 40.5 Å². The molecule has 1 N–H and O–H groups in total. The van der Waals surface area contributed by atoms with Crippen molar-refractivity contribution in [3.05, 3.63) is 35.2 Å². The van der Waals surface area contributed by atoms with E-state index in [-0.39, 0.29) is 6.04 Å². The van der Waals surface area contributed by atoms with Crippen molar-refractivity contribution in [1.29, 1.82) is 0 Å². The minimum Gasteiger partial charge on any atom is -0.383 e. The Morgan fingerprint density at radius 3 is 2.60 bits per heavy atom. The zero-order valence-corrected chi connectivity index (χ0v) is 12.4. The number of nitrogens with one attached hydrogen (secondary N) is 1. The highest BCUT2D eigenvalue weighted by Gasteiger charge is 2.15. The Kier molecular flexibility index (Phi) is 4.81. The van der Waals surface area contributed by atoms with E-state index in [9.17, 15) is 0 Å². The average Bonchev–Trinajstić information content (AvgIpc) is 2.87. The van der Waals surface area contributed by atoms with Gasteiger partial charge >= 0.3 is 0 Å². The summed E-state index contributed by atoms with van der Waals surface area (Å²) in [5, 5.41) is 15.4. The summed E-state index contributed by atoms with van der Waals surface area (Å²) in [4.78, 5) is 0. The number of methoxy groups -OCH3 is 1. The van der Waals surface area contributed by atoms with E-state index in [1.165, 1.54) is 11.1 Å². The van der Waals surface area contributed by atoms with Gasteiger partial charge in [0.15, 0.2) is 5.82 Å². The van der Waals surface area contributed by atoms with Crippen molar-refractivity contribution in [2.75, 3.05) is 20.3 Å². The lowest BCUT2D eigenvalue weighted by Crippen LogP contribution is -2.25. The van der Waals surface area contributed by atoms with Gasteiger partial charge < -0.3 is 10.1 Å². The quantitative estimate of drug-likeness (QED) is 0.811. The number of hydrogen-bond acceptors (Lipinski definition) is 5. The molecular formula is C14H21N5O. The highest BCUT2D eigenvalue weighted by molar-refractivity contribution is 5.39. The lowest BCUT2D eigenvalue weighted by atomic mass is 10.1. The molecule has 0 saturated carbocycles. The number of aromatic nitrogens is 4. The number of tetrazole rings is 1. The Labute approximate surface area is 119 Å². The minimum absolute atomic E-state index is 0.0565. The van der Waals surface area contributed by atoms with Gasteiger partial charge in [-0.2, -0.15) is 4.68 Å². The Hall–Kier alpha value is -1.79. The first-order valence-electron chi connectivity index (χ1n) is 6.71. The third-order valence-electron chi connectivity index (χ3n) is 3.09. The van der Waals surface area contributed by atoms with Gasteiger partial charge in [-0.15, -0.1) is 5.10 Å². The van der Waals surface area contributed by atoms with Gasteiger partial charge in [0.1, 0.15) is 0 Å². The molecule has 0 spiro atoms. The Bertz CT molecular complexity index is 546. The van der Waals surface area contributed by atoms with Gasteiger partial charge in [0, 0.05) is 13.7 Å². The normalized spacial score (nSPS) is 12.6. The van der Waals surface area contributed by atoms with E-state index >= 15 is 0 Å². The van der Waals surface area contributed by atoms with Gasteiger partial charge in [-0.05, 0) is 54.5 Å². The van der Waals surface area contributed by atoms with Crippen molar-refractivity contribution >= 4 is 0 Å². The van der Waals surface area contributed by atoms with Gasteiger partial charge in [-0.3, -0.25) is 0 Å². The first-order valence-corrected chi connectivity index (χ1v) is 6.71. The smallest absolute Gasteiger partial charge is 0.173 e. The van der Waals surface area contributed by atoms with Gasteiger partial charge in [0.25, 0.3) is 0 Å². The van der Waals surface area contributed by atoms with Crippen LogP contribution in [0.3, 0.4) is 0 Å². The fourth-order valence-corrected chi connectivity index (χ4v) is 2.19. The molecule has 20 heavy (non-hydrogen) atoms. The Morgan fingerprint density at radius 2 is 1.95 bits per heavy atom. The van der Waals surface area contributed by atoms with Crippen LogP contribution in [0.5, 0.6) is 0 Å². The zero-order chi connectivity index (χ0) is 14.5. The van der Waals surface area contributed by atoms with Crippen molar-refractivity contribution in [3.8, 4) is 5.69 Å². The third kappa shape index (κ3) is 3.40. The molecule has 0 radical (unpaired) electrons. The maximum absolute atomic E-state index is 5.03. The molecule has 0 bridgehead atoms.